The van der Waals surface area contributed by atoms with Crippen LogP contribution in [0.1, 0.15) is 50.9 Å². The number of anilines is 1. The Hall–Kier alpha value is -2.89. The Labute approximate surface area is 183 Å². The van der Waals surface area contributed by atoms with Crippen molar-refractivity contribution in [1.82, 2.24) is 14.0 Å². The van der Waals surface area contributed by atoms with Gasteiger partial charge in [-0.25, -0.2) is 4.79 Å². The largest absolute Gasteiger partial charge is 0.395 e. The van der Waals surface area contributed by atoms with Crippen molar-refractivity contribution in [3.05, 3.63) is 62.3 Å². The standard InChI is InChI=1S/C23H33N5O3/c1-17(2)27-21(15-22(30)28(18(3)4)23(27)31)25-10-12-26(13-14-29)11-9-19-5-7-20(16-24)8-6-19/h5-8,15,17-18,25,29H,9-14H2,1-4H3. The smallest absolute Gasteiger partial charge is 0.333 e. The van der Waals surface area contributed by atoms with Crippen LogP contribution in [0.4, 0.5) is 5.82 Å². The van der Waals surface area contributed by atoms with E-state index in [9.17, 15) is 14.7 Å². The summed E-state index contributed by atoms with van der Waals surface area (Å²) in [6.45, 7) is 9.98. The molecule has 168 valence electrons. The molecule has 0 spiro atoms. The van der Waals surface area contributed by atoms with Crippen molar-refractivity contribution in [2.45, 2.75) is 46.2 Å². The molecule has 8 heteroatoms. The van der Waals surface area contributed by atoms with Crippen LogP contribution in [0.15, 0.2) is 39.9 Å². The minimum Gasteiger partial charge on any atom is -0.395 e. The number of hydrogen-bond donors (Lipinski definition) is 2. The summed E-state index contributed by atoms with van der Waals surface area (Å²) < 4.78 is 2.87. The molecule has 1 aromatic carbocycles. The Kier molecular flexibility index (Phi) is 9.03. The zero-order valence-electron chi connectivity index (χ0n) is 18.8. The molecule has 0 aliphatic rings. The van der Waals surface area contributed by atoms with Crippen LogP contribution in [0.5, 0.6) is 0 Å². The van der Waals surface area contributed by atoms with Crippen molar-refractivity contribution in [2.75, 3.05) is 38.1 Å². The second-order valence-electron chi connectivity index (χ2n) is 8.13. The highest BCUT2D eigenvalue weighted by Crippen LogP contribution is 2.11. The van der Waals surface area contributed by atoms with Gasteiger partial charge in [-0.3, -0.25) is 18.8 Å². The quantitative estimate of drug-likeness (QED) is 0.568. The monoisotopic (exact) mass is 427 g/mol. The van der Waals surface area contributed by atoms with Gasteiger partial charge in [-0.15, -0.1) is 0 Å². The summed E-state index contributed by atoms with van der Waals surface area (Å²) in [7, 11) is 0. The number of nitriles is 1. The van der Waals surface area contributed by atoms with Gasteiger partial charge in [-0.1, -0.05) is 12.1 Å². The number of hydrogen-bond acceptors (Lipinski definition) is 6. The maximum Gasteiger partial charge on any atom is 0.333 e. The van der Waals surface area contributed by atoms with E-state index in [1.807, 2.05) is 39.8 Å². The predicted molar refractivity (Wildman–Crippen MR) is 123 cm³/mol. The molecule has 2 rings (SSSR count). The highest BCUT2D eigenvalue weighted by molar-refractivity contribution is 5.35. The summed E-state index contributed by atoms with van der Waals surface area (Å²) in [5, 5.41) is 21.5. The number of nitrogens with one attached hydrogen (secondary N) is 1. The Morgan fingerprint density at radius 1 is 1.03 bits per heavy atom. The van der Waals surface area contributed by atoms with E-state index in [0.717, 1.165) is 18.5 Å². The molecule has 31 heavy (non-hydrogen) atoms. The molecule has 1 aromatic heterocycles. The van der Waals surface area contributed by atoms with E-state index in [-0.39, 0.29) is 29.9 Å². The summed E-state index contributed by atoms with van der Waals surface area (Å²) in [5.74, 6) is 0.512. The van der Waals surface area contributed by atoms with E-state index in [0.29, 0.717) is 31.0 Å². The lowest BCUT2D eigenvalue weighted by atomic mass is 10.1. The minimum absolute atomic E-state index is 0.0501. The van der Waals surface area contributed by atoms with Gasteiger partial charge < -0.3 is 10.4 Å². The summed E-state index contributed by atoms with van der Waals surface area (Å²) in [6.07, 6.45) is 0.798. The van der Waals surface area contributed by atoms with Crippen LogP contribution in [-0.2, 0) is 6.42 Å². The van der Waals surface area contributed by atoms with Crippen molar-refractivity contribution >= 4 is 5.82 Å². The second-order valence-corrected chi connectivity index (χ2v) is 8.13. The van der Waals surface area contributed by atoms with Crippen LogP contribution >= 0.6 is 0 Å². The van der Waals surface area contributed by atoms with E-state index in [1.54, 1.807) is 16.7 Å². The molecule has 0 bridgehead atoms. The third kappa shape index (κ3) is 6.54. The Morgan fingerprint density at radius 2 is 1.68 bits per heavy atom. The molecule has 2 N–H and O–H groups in total. The SMILES string of the molecule is CC(C)n1c(NCCN(CCO)CCc2ccc(C#N)cc2)cc(=O)n(C(C)C)c1=O. The molecule has 0 amide bonds. The Morgan fingerprint density at radius 3 is 2.23 bits per heavy atom. The second kappa shape index (κ2) is 11.5. The Balaban J connectivity index is 2.05. The van der Waals surface area contributed by atoms with Crippen molar-refractivity contribution in [1.29, 1.82) is 5.26 Å². The molecule has 0 saturated heterocycles. The predicted octanol–water partition coefficient (Wildman–Crippen LogP) is 1.99. The minimum atomic E-state index is -0.313. The molecule has 2 aromatic rings. The zero-order chi connectivity index (χ0) is 23.0. The zero-order valence-corrected chi connectivity index (χ0v) is 18.8. The van der Waals surface area contributed by atoms with Gasteiger partial charge in [0.1, 0.15) is 5.82 Å². The molecule has 0 fully saturated rings. The summed E-state index contributed by atoms with van der Waals surface area (Å²) in [5.41, 5.74) is 1.14. The number of aliphatic hydroxyl groups excluding tert-OH is 1. The number of aliphatic hydroxyl groups is 1. The molecule has 8 nitrogen and oxygen atoms in total. The number of nitrogens with zero attached hydrogens (tertiary/aromatic N) is 4. The van der Waals surface area contributed by atoms with Crippen LogP contribution in [0.25, 0.3) is 0 Å². The molecule has 0 aliphatic heterocycles. The molecular formula is C23H33N5O3. The van der Waals surface area contributed by atoms with E-state index in [2.05, 4.69) is 16.3 Å². The normalized spacial score (nSPS) is 11.3. The number of aromatic nitrogens is 2. The molecule has 0 aliphatic carbocycles. The average Bonchev–Trinajstić information content (AvgIpc) is 2.71. The van der Waals surface area contributed by atoms with Gasteiger partial charge in [0.05, 0.1) is 18.2 Å². The fourth-order valence-corrected chi connectivity index (χ4v) is 3.53. The number of benzene rings is 1. The van der Waals surface area contributed by atoms with Gasteiger partial charge in [0.25, 0.3) is 5.56 Å². The van der Waals surface area contributed by atoms with Gasteiger partial charge in [0.15, 0.2) is 0 Å². The third-order valence-corrected chi connectivity index (χ3v) is 5.15. The molecule has 0 unspecified atom stereocenters. The first kappa shape index (κ1) is 24.4. The first-order valence-corrected chi connectivity index (χ1v) is 10.7. The first-order chi connectivity index (χ1) is 14.8. The average molecular weight is 428 g/mol. The lowest BCUT2D eigenvalue weighted by molar-refractivity contribution is 0.201. The van der Waals surface area contributed by atoms with E-state index < -0.39 is 0 Å². The van der Waals surface area contributed by atoms with Crippen molar-refractivity contribution in [3.8, 4) is 6.07 Å². The lowest BCUT2D eigenvalue weighted by Crippen LogP contribution is -2.42. The summed E-state index contributed by atoms with van der Waals surface area (Å²) in [4.78, 5) is 27.4. The molecular weight excluding hydrogens is 394 g/mol. The van der Waals surface area contributed by atoms with Gasteiger partial charge in [-0.2, -0.15) is 5.26 Å². The van der Waals surface area contributed by atoms with Crippen molar-refractivity contribution in [2.24, 2.45) is 0 Å². The van der Waals surface area contributed by atoms with E-state index in [4.69, 9.17) is 5.26 Å². The highest BCUT2D eigenvalue weighted by Gasteiger charge is 2.15. The maximum atomic E-state index is 12.8. The van der Waals surface area contributed by atoms with Gasteiger partial charge in [-0.05, 0) is 51.8 Å². The van der Waals surface area contributed by atoms with Gasteiger partial charge >= 0.3 is 5.69 Å². The van der Waals surface area contributed by atoms with Gasteiger partial charge in [0.2, 0.25) is 0 Å². The fourth-order valence-electron chi connectivity index (χ4n) is 3.53. The summed E-state index contributed by atoms with van der Waals surface area (Å²) in [6, 6.07) is 10.8. The van der Waals surface area contributed by atoms with E-state index >= 15 is 0 Å². The fraction of sp³-hybridized carbons (Fsp3) is 0.522. The van der Waals surface area contributed by atoms with Crippen molar-refractivity contribution in [3.63, 3.8) is 0 Å². The highest BCUT2D eigenvalue weighted by atomic mass is 16.3. The molecule has 0 atom stereocenters. The van der Waals surface area contributed by atoms with E-state index in [1.165, 1.54) is 10.6 Å². The van der Waals surface area contributed by atoms with Crippen LogP contribution in [-0.4, -0.2) is 51.9 Å². The maximum absolute atomic E-state index is 12.8. The van der Waals surface area contributed by atoms with Gasteiger partial charge in [0, 0.05) is 44.3 Å². The van der Waals surface area contributed by atoms with Crippen LogP contribution in [0, 0.1) is 11.3 Å². The number of rotatable bonds is 11. The van der Waals surface area contributed by atoms with Crippen molar-refractivity contribution < 1.29 is 5.11 Å². The third-order valence-electron chi connectivity index (χ3n) is 5.15. The van der Waals surface area contributed by atoms with Crippen LogP contribution in [0.3, 0.4) is 0 Å². The molecule has 0 radical (unpaired) electrons. The summed E-state index contributed by atoms with van der Waals surface area (Å²) >= 11 is 0. The Bertz CT molecular complexity index is 1000. The topological polar surface area (TPSA) is 103 Å². The molecule has 0 saturated carbocycles. The van der Waals surface area contributed by atoms with Crippen LogP contribution in [0.2, 0.25) is 0 Å². The van der Waals surface area contributed by atoms with Crippen LogP contribution < -0.4 is 16.6 Å². The first-order valence-electron chi connectivity index (χ1n) is 10.7. The molecule has 1 heterocycles. The lowest BCUT2D eigenvalue weighted by Gasteiger charge is -2.24.